The Bertz CT molecular complexity index is 1130. The molecule has 3 heterocycles. The number of benzene rings is 1. The lowest BCUT2D eigenvalue weighted by atomic mass is 10.3. The standard InChI is InChI=1S/C18H15N3O2S2/c1-13-9-10-21-16(12-13)19-17(15-8-5-11-24-15)18(21)20-25(22,23)14-6-3-2-4-7-14/h2-12,20H,1H3. The van der Waals surface area contributed by atoms with Crippen molar-refractivity contribution in [1.29, 1.82) is 0 Å². The summed E-state index contributed by atoms with van der Waals surface area (Å²) in [6.07, 6.45) is 1.83. The number of aromatic nitrogens is 2. The van der Waals surface area contributed by atoms with Crippen molar-refractivity contribution in [3.05, 3.63) is 71.7 Å². The Balaban J connectivity index is 1.90. The van der Waals surface area contributed by atoms with E-state index in [0.717, 1.165) is 10.4 Å². The van der Waals surface area contributed by atoms with E-state index < -0.39 is 10.0 Å². The smallest absolute Gasteiger partial charge is 0.263 e. The molecule has 0 aliphatic carbocycles. The van der Waals surface area contributed by atoms with E-state index in [1.807, 2.05) is 42.8 Å². The predicted molar refractivity (Wildman–Crippen MR) is 100 cm³/mol. The molecule has 126 valence electrons. The van der Waals surface area contributed by atoms with E-state index >= 15 is 0 Å². The van der Waals surface area contributed by atoms with Crippen LogP contribution in [0, 0.1) is 6.92 Å². The Labute approximate surface area is 149 Å². The molecule has 0 saturated heterocycles. The average Bonchev–Trinajstić information content (AvgIpc) is 3.23. The molecule has 0 aliphatic rings. The molecular formula is C18H15N3O2S2. The number of nitrogens with zero attached hydrogens (tertiary/aromatic N) is 2. The summed E-state index contributed by atoms with van der Waals surface area (Å²) >= 11 is 1.52. The van der Waals surface area contributed by atoms with E-state index in [0.29, 0.717) is 17.2 Å². The minimum absolute atomic E-state index is 0.217. The normalized spacial score (nSPS) is 11.7. The van der Waals surface area contributed by atoms with Gasteiger partial charge in [0, 0.05) is 6.20 Å². The number of nitrogens with one attached hydrogen (secondary N) is 1. The molecule has 0 radical (unpaired) electrons. The quantitative estimate of drug-likeness (QED) is 0.587. The van der Waals surface area contributed by atoms with Crippen molar-refractivity contribution in [3.63, 3.8) is 0 Å². The van der Waals surface area contributed by atoms with Crippen molar-refractivity contribution in [2.75, 3.05) is 4.72 Å². The largest absolute Gasteiger partial charge is 0.285 e. The molecule has 3 aromatic heterocycles. The Morgan fingerprint density at radius 3 is 2.60 bits per heavy atom. The lowest BCUT2D eigenvalue weighted by Crippen LogP contribution is -2.14. The first-order chi connectivity index (χ1) is 12.0. The van der Waals surface area contributed by atoms with Gasteiger partial charge in [0.05, 0.1) is 9.77 Å². The van der Waals surface area contributed by atoms with Gasteiger partial charge in [-0.3, -0.25) is 9.12 Å². The number of thiophene rings is 1. The van der Waals surface area contributed by atoms with Gasteiger partial charge < -0.3 is 0 Å². The molecule has 0 atom stereocenters. The lowest BCUT2D eigenvalue weighted by Gasteiger charge is -2.09. The van der Waals surface area contributed by atoms with Gasteiger partial charge in [-0.05, 0) is 48.2 Å². The van der Waals surface area contributed by atoms with E-state index in [4.69, 9.17) is 0 Å². The van der Waals surface area contributed by atoms with Gasteiger partial charge in [0.2, 0.25) is 0 Å². The average molecular weight is 369 g/mol. The number of pyridine rings is 1. The maximum atomic E-state index is 12.8. The highest BCUT2D eigenvalue weighted by molar-refractivity contribution is 7.92. The van der Waals surface area contributed by atoms with Crippen LogP contribution in [0.25, 0.3) is 16.2 Å². The number of sulfonamides is 1. The Morgan fingerprint density at radius 1 is 1.08 bits per heavy atom. The van der Waals surface area contributed by atoms with Crippen molar-refractivity contribution in [3.8, 4) is 10.6 Å². The zero-order valence-electron chi connectivity index (χ0n) is 13.4. The van der Waals surface area contributed by atoms with Gasteiger partial charge in [0.15, 0.2) is 5.82 Å². The van der Waals surface area contributed by atoms with E-state index in [9.17, 15) is 8.42 Å². The van der Waals surface area contributed by atoms with Crippen LogP contribution in [-0.2, 0) is 10.0 Å². The van der Waals surface area contributed by atoms with Crippen molar-refractivity contribution in [2.45, 2.75) is 11.8 Å². The van der Waals surface area contributed by atoms with Crippen LogP contribution in [0.5, 0.6) is 0 Å². The van der Waals surface area contributed by atoms with Crippen molar-refractivity contribution in [1.82, 2.24) is 9.38 Å². The molecule has 0 amide bonds. The number of rotatable bonds is 4. The summed E-state index contributed by atoms with van der Waals surface area (Å²) in [5.74, 6) is 0.446. The fourth-order valence-corrected chi connectivity index (χ4v) is 4.41. The molecule has 0 bridgehead atoms. The fraction of sp³-hybridized carbons (Fsp3) is 0.0556. The second kappa shape index (κ2) is 6.02. The second-order valence-electron chi connectivity index (χ2n) is 5.64. The van der Waals surface area contributed by atoms with Gasteiger partial charge in [0.25, 0.3) is 10.0 Å². The van der Waals surface area contributed by atoms with Gasteiger partial charge in [0.1, 0.15) is 11.3 Å². The first-order valence-corrected chi connectivity index (χ1v) is 10.0. The summed E-state index contributed by atoms with van der Waals surface area (Å²) in [6, 6.07) is 16.0. The first-order valence-electron chi connectivity index (χ1n) is 7.65. The molecule has 0 fully saturated rings. The molecule has 1 aromatic carbocycles. The highest BCUT2D eigenvalue weighted by Crippen LogP contribution is 2.33. The number of imidazole rings is 1. The van der Waals surface area contributed by atoms with Crippen LogP contribution >= 0.6 is 11.3 Å². The number of hydrogen-bond donors (Lipinski definition) is 1. The van der Waals surface area contributed by atoms with E-state index in [1.165, 1.54) is 11.3 Å². The van der Waals surface area contributed by atoms with Crippen LogP contribution in [0.3, 0.4) is 0 Å². The molecule has 0 saturated carbocycles. The van der Waals surface area contributed by atoms with Crippen molar-refractivity contribution < 1.29 is 8.42 Å². The molecule has 0 spiro atoms. The molecule has 0 unspecified atom stereocenters. The first kappa shape index (κ1) is 15.9. The van der Waals surface area contributed by atoms with Crippen LogP contribution in [0.15, 0.2) is 71.1 Å². The number of fused-ring (bicyclic) bond motifs is 1. The summed E-state index contributed by atoms with van der Waals surface area (Å²) in [7, 11) is -3.70. The Hall–Kier alpha value is -2.64. The van der Waals surface area contributed by atoms with Crippen LogP contribution in [-0.4, -0.2) is 17.8 Å². The van der Waals surface area contributed by atoms with E-state index in [1.54, 1.807) is 34.7 Å². The zero-order valence-corrected chi connectivity index (χ0v) is 15.0. The summed E-state index contributed by atoms with van der Waals surface area (Å²) in [5.41, 5.74) is 2.39. The maximum absolute atomic E-state index is 12.8. The fourth-order valence-electron chi connectivity index (χ4n) is 2.62. The summed E-state index contributed by atoms with van der Waals surface area (Å²) in [5, 5.41) is 1.94. The number of anilines is 1. The van der Waals surface area contributed by atoms with Gasteiger partial charge in [-0.2, -0.15) is 0 Å². The summed E-state index contributed by atoms with van der Waals surface area (Å²) in [4.78, 5) is 5.77. The van der Waals surface area contributed by atoms with Crippen molar-refractivity contribution >= 4 is 32.8 Å². The van der Waals surface area contributed by atoms with Gasteiger partial charge in [-0.1, -0.05) is 24.3 Å². The maximum Gasteiger partial charge on any atom is 0.263 e. The Kier molecular flexibility index (Phi) is 3.82. The zero-order chi connectivity index (χ0) is 17.4. The Morgan fingerprint density at radius 2 is 1.88 bits per heavy atom. The lowest BCUT2D eigenvalue weighted by molar-refractivity contribution is 0.601. The minimum atomic E-state index is -3.70. The van der Waals surface area contributed by atoms with Crippen LogP contribution < -0.4 is 4.72 Å². The highest BCUT2D eigenvalue weighted by atomic mass is 32.2. The summed E-state index contributed by atoms with van der Waals surface area (Å²) in [6.45, 7) is 1.98. The molecular weight excluding hydrogens is 354 g/mol. The van der Waals surface area contributed by atoms with E-state index in [-0.39, 0.29) is 4.90 Å². The molecule has 4 rings (SSSR count). The molecule has 7 heteroatoms. The SMILES string of the molecule is Cc1ccn2c(NS(=O)(=O)c3ccccc3)c(-c3cccs3)nc2c1. The van der Waals surface area contributed by atoms with Gasteiger partial charge >= 0.3 is 0 Å². The molecule has 5 nitrogen and oxygen atoms in total. The second-order valence-corrected chi connectivity index (χ2v) is 8.27. The van der Waals surface area contributed by atoms with Crippen LogP contribution in [0.4, 0.5) is 5.82 Å². The monoisotopic (exact) mass is 369 g/mol. The topological polar surface area (TPSA) is 63.5 Å². The van der Waals surface area contributed by atoms with Crippen molar-refractivity contribution in [2.24, 2.45) is 0 Å². The highest BCUT2D eigenvalue weighted by Gasteiger charge is 2.21. The third kappa shape index (κ3) is 2.92. The van der Waals surface area contributed by atoms with Gasteiger partial charge in [-0.15, -0.1) is 11.3 Å². The predicted octanol–water partition coefficient (Wildman–Crippen LogP) is 4.17. The minimum Gasteiger partial charge on any atom is -0.285 e. The molecule has 1 N–H and O–H groups in total. The van der Waals surface area contributed by atoms with Gasteiger partial charge in [-0.25, -0.2) is 13.4 Å². The van der Waals surface area contributed by atoms with Crippen LogP contribution in [0.2, 0.25) is 0 Å². The van der Waals surface area contributed by atoms with Crippen LogP contribution in [0.1, 0.15) is 5.56 Å². The molecule has 25 heavy (non-hydrogen) atoms. The third-order valence-electron chi connectivity index (χ3n) is 3.82. The molecule has 0 aliphatic heterocycles. The number of hydrogen-bond acceptors (Lipinski definition) is 4. The van der Waals surface area contributed by atoms with E-state index in [2.05, 4.69) is 9.71 Å². The number of aryl methyl sites for hydroxylation is 1. The summed E-state index contributed by atoms with van der Waals surface area (Å²) < 4.78 is 30.0. The third-order valence-corrected chi connectivity index (χ3v) is 6.05. The molecule has 4 aromatic rings.